The molecule has 7 N–H and O–H groups in total. The maximum Gasteiger partial charge on any atom is 0.313 e. The summed E-state index contributed by atoms with van der Waals surface area (Å²) in [5.74, 6) is -2.42. The number of carbonyl (C=O) groups is 2. The van der Waals surface area contributed by atoms with Gasteiger partial charge in [-0.15, -0.1) is 0 Å². The topological polar surface area (TPSA) is 122 Å². The minimum absolute atomic E-state index is 0.0169. The number of fused-ring (bicyclic) bond motifs is 1. The fourth-order valence-corrected chi connectivity index (χ4v) is 3.44. The van der Waals surface area contributed by atoms with E-state index in [1.165, 1.54) is 12.1 Å². The molecule has 9 heteroatoms. The van der Waals surface area contributed by atoms with Crippen LogP contribution in [0.1, 0.15) is 17.2 Å². The number of halogens is 2. The largest absolute Gasteiger partial charge is 0.341 e. The van der Waals surface area contributed by atoms with Gasteiger partial charge in [-0.3, -0.25) is 14.9 Å². The Bertz CT molecular complexity index is 892. The van der Waals surface area contributed by atoms with E-state index in [-0.39, 0.29) is 22.7 Å². The lowest BCUT2D eigenvalue weighted by Gasteiger charge is -2.23. The SMILES string of the molecule is NC(N)NC[C@H]1Cc2ccccc2[C@@H]1NC(=O)C(=O)Nc1ccc(Cl)c(F)c1. The monoisotopic (exact) mass is 405 g/mol. The summed E-state index contributed by atoms with van der Waals surface area (Å²) in [6.45, 7) is 0.474. The molecule has 0 saturated carbocycles. The van der Waals surface area contributed by atoms with Gasteiger partial charge < -0.3 is 22.1 Å². The van der Waals surface area contributed by atoms with Gasteiger partial charge in [0.05, 0.1) is 11.1 Å². The van der Waals surface area contributed by atoms with Crippen molar-refractivity contribution in [3.63, 3.8) is 0 Å². The summed E-state index contributed by atoms with van der Waals surface area (Å²) < 4.78 is 13.5. The predicted octanol–water partition coefficient (Wildman–Crippen LogP) is 1.24. The maximum absolute atomic E-state index is 13.5. The third-order valence-electron chi connectivity index (χ3n) is 4.63. The molecule has 1 aliphatic rings. The zero-order chi connectivity index (χ0) is 20.3. The number of benzene rings is 2. The Balaban J connectivity index is 1.70. The Labute approximate surface area is 166 Å². The fourth-order valence-electron chi connectivity index (χ4n) is 3.32. The highest BCUT2D eigenvalue weighted by molar-refractivity contribution is 6.39. The zero-order valence-electron chi connectivity index (χ0n) is 14.9. The summed E-state index contributed by atoms with van der Waals surface area (Å²) in [5, 5.41) is 8.01. The Kier molecular flexibility index (Phi) is 6.25. The first kappa shape index (κ1) is 20.2. The average Bonchev–Trinajstić information content (AvgIpc) is 3.00. The summed E-state index contributed by atoms with van der Waals surface area (Å²) in [6.07, 6.45) is 0.0355. The number of nitrogens with one attached hydrogen (secondary N) is 3. The molecule has 2 amide bonds. The molecule has 0 aliphatic heterocycles. The molecule has 0 unspecified atom stereocenters. The minimum Gasteiger partial charge on any atom is -0.341 e. The van der Waals surface area contributed by atoms with Crippen LogP contribution in [-0.4, -0.2) is 24.6 Å². The molecular formula is C19H21ClFN5O2. The van der Waals surface area contributed by atoms with E-state index >= 15 is 0 Å². The van der Waals surface area contributed by atoms with Gasteiger partial charge in [0.2, 0.25) is 0 Å². The van der Waals surface area contributed by atoms with Crippen LogP contribution in [0.3, 0.4) is 0 Å². The summed E-state index contributed by atoms with van der Waals surface area (Å²) in [5.41, 5.74) is 13.3. The minimum atomic E-state index is -0.895. The van der Waals surface area contributed by atoms with E-state index in [1.54, 1.807) is 0 Å². The lowest BCUT2D eigenvalue weighted by atomic mass is 10.0. The number of amides is 2. The molecule has 3 rings (SSSR count). The van der Waals surface area contributed by atoms with Crippen molar-refractivity contribution in [2.75, 3.05) is 11.9 Å². The van der Waals surface area contributed by atoms with Crippen LogP contribution < -0.4 is 27.4 Å². The molecule has 2 aromatic rings. The van der Waals surface area contributed by atoms with Gasteiger partial charge in [0.25, 0.3) is 0 Å². The van der Waals surface area contributed by atoms with Crippen LogP contribution >= 0.6 is 11.6 Å². The molecule has 0 radical (unpaired) electrons. The van der Waals surface area contributed by atoms with Gasteiger partial charge in [-0.1, -0.05) is 35.9 Å². The van der Waals surface area contributed by atoms with Crippen LogP contribution in [-0.2, 0) is 16.0 Å². The van der Waals surface area contributed by atoms with Gasteiger partial charge in [-0.2, -0.15) is 0 Å². The van der Waals surface area contributed by atoms with E-state index < -0.39 is 23.9 Å². The number of hydrogen-bond acceptors (Lipinski definition) is 5. The quantitative estimate of drug-likeness (QED) is 0.378. The van der Waals surface area contributed by atoms with E-state index in [0.717, 1.165) is 17.2 Å². The third kappa shape index (κ3) is 4.66. The standard InChI is InChI=1S/C19H21ClFN5O2/c20-14-6-5-12(8-15(14)21)25-17(27)18(28)26-16-11(9-24-19(22)23)7-10-3-1-2-4-13(10)16/h1-6,8,11,16,19,24H,7,9,22-23H2,(H,25,27)(H,26,28)/t11-,16-/m1/s1. The molecule has 0 heterocycles. The number of hydrogen-bond donors (Lipinski definition) is 5. The molecule has 0 fully saturated rings. The first-order chi connectivity index (χ1) is 13.3. The highest BCUT2D eigenvalue weighted by atomic mass is 35.5. The van der Waals surface area contributed by atoms with Gasteiger partial charge in [-0.25, -0.2) is 4.39 Å². The molecule has 0 aromatic heterocycles. The Morgan fingerprint density at radius 2 is 1.93 bits per heavy atom. The lowest BCUT2D eigenvalue weighted by Crippen LogP contribution is -2.49. The normalized spacial score (nSPS) is 18.0. The van der Waals surface area contributed by atoms with Gasteiger partial charge in [0.15, 0.2) is 0 Å². The molecule has 0 spiro atoms. The van der Waals surface area contributed by atoms with Crippen molar-refractivity contribution in [3.8, 4) is 0 Å². The first-order valence-electron chi connectivity index (χ1n) is 8.74. The van der Waals surface area contributed by atoms with Gasteiger partial charge in [-0.05, 0) is 41.7 Å². The van der Waals surface area contributed by atoms with Crippen LogP contribution in [0.15, 0.2) is 42.5 Å². The van der Waals surface area contributed by atoms with Crippen LogP contribution in [0.4, 0.5) is 10.1 Å². The Morgan fingerprint density at radius 1 is 1.18 bits per heavy atom. The van der Waals surface area contributed by atoms with E-state index in [2.05, 4.69) is 16.0 Å². The van der Waals surface area contributed by atoms with Gasteiger partial charge in [0, 0.05) is 12.2 Å². The Hall–Kier alpha value is -2.52. The second kappa shape index (κ2) is 8.66. The summed E-state index contributed by atoms with van der Waals surface area (Å²) in [7, 11) is 0. The number of anilines is 1. The second-order valence-corrected chi connectivity index (χ2v) is 7.04. The number of rotatable bonds is 5. The smallest absolute Gasteiger partial charge is 0.313 e. The summed E-state index contributed by atoms with van der Waals surface area (Å²) in [4.78, 5) is 24.7. The third-order valence-corrected chi connectivity index (χ3v) is 4.94. The van der Waals surface area contributed by atoms with Crippen molar-refractivity contribution < 1.29 is 14.0 Å². The highest BCUT2D eigenvalue weighted by Gasteiger charge is 2.34. The first-order valence-corrected chi connectivity index (χ1v) is 9.12. The molecule has 28 heavy (non-hydrogen) atoms. The van der Waals surface area contributed by atoms with Gasteiger partial charge in [0.1, 0.15) is 12.1 Å². The number of carbonyl (C=O) groups excluding carboxylic acids is 2. The molecule has 2 atom stereocenters. The second-order valence-electron chi connectivity index (χ2n) is 6.63. The molecule has 2 aromatic carbocycles. The van der Waals surface area contributed by atoms with Gasteiger partial charge >= 0.3 is 11.8 Å². The average molecular weight is 406 g/mol. The molecule has 0 saturated heterocycles. The number of nitrogens with two attached hydrogens (primary N) is 2. The van der Waals surface area contributed by atoms with Crippen molar-refractivity contribution in [1.82, 2.24) is 10.6 Å². The molecule has 1 aliphatic carbocycles. The Morgan fingerprint density at radius 3 is 2.64 bits per heavy atom. The van der Waals surface area contributed by atoms with Crippen molar-refractivity contribution >= 4 is 29.1 Å². The summed E-state index contributed by atoms with van der Waals surface area (Å²) in [6, 6.07) is 11.1. The molecule has 148 valence electrons. The lowest BCUT2D eigenvalue weighted by molar-refractivity contribution is -0.136. The van der Waals surface area contributed by atoms with Crippen LogP contribution in [0.5, 0.6) is 0 Å². The van der Waals surface area contributed by atoms with Crippen LogP contribution in [0.2, 0.25) is 5.02 Å². The fraction of sp³-hybridized carbons (Fsp3) is 0.263. The van der Waals surface area contributed by atoms with E-state index in [9.17, 15) is 14.0 Å². The van der Waals surface area contributed by atoms with Crippen molar-refractivity contribution in [2.24, 2.45) is 17.4 Å². The molecular weight excluding hydrogens is 385 g/mol. The molecule has 7 nitrogen and oxygen atoms in total. The van der Waals surface area contributed by atoms with E-state index in [4.69, 9.17) is 23.1 Å². The zero-order valence-corrected chi connectivity index (χ0v) is 15.7. The van der Waals surface area contributed by atoms with Crippen LogP contribution in [0.25, 0.3) is 0 Å². The highest BCUT2D eigenvalue weighted by Crippen LogP contribution is 2.35. The van der Waals surface area contributed by atoms with Crippen molar-refractivity contribution in [2.45, 2.75) is 18.8 Å². The van der Waals surface area contributed by atoms with Crippen molar-refractivity contribution in [3.05, 3.63) is 64.4 Å². The van der Waals surface area contributed by atoms with E-state index in [0.29, 0.717) is 13.0 Å². The molecule has 0 bridgehead atoms. The maximum atomic E-state index is 13.5. The van der Waals surface area contributed by atoms with E-state index in [1.807, 2.05) is 24.3 Å². The van der Waals surface area contributed by atoms with Crippen LogP contribution in [0, 0.1) is 11.7 Å². The van der Waals surface area contributed by atoms with Crippen molar-refractivity contribution in [1.29, 1.82) is 0 Å². The summed E-state index contributed by atoms with van der Waals surface area (Å²) >= 11 is 5.62. The predicted molar refractivity (Wildman–Crippen MR) is 105 cm³/mol.